The molecule has 0 heterocycles. The number of ether oxygens (including phenoxy) is 1. The molecule has 4 nitrogen and oxygen atoms in total. The highest BCUT2D eigenvalue weighted by Gasteiger charge is 2.12. The second-order valence-electron chi connectivity index (χ2n) is 6.23. The van der Waals surface area contributed by atoms with Crippen LogP contribution in [0.4, 0.5) is 0 Å². The van der Waals surface area contributed by atoms with Gasteiger partial charge in [0.25, 0.3) is 0 Å². The van der Waals surface area contributed by atoms with E-state index in [-0.39, 0.29) is 24.4 Å². The average molecular weight is 343 g/mol. The molecule has 2 N–H and O–H groups in total. The minimum atomic E-state index is 0. The van der Waals surface area contributed by atoms with Gasteiger partial charge < -0.3 is 15.4 Å². The van der Waals surface area contributed by atoms with Crippen LogP contribution in [0.3, 0.4) is 0 Å². The highest BCUT2D eigenvalue weighted by molar-refractivity contribution is 5.85. The van der Waals surface area contributed by atoms with Crippen LogP contribution in [0, 0.1) is 12.8 Å². The normalized spacial score (nSPS) is 11.7. The van der Waals surface area contributed by atoms with Gasteiger partial charge in [0.15, 0.2) is 0 Å². The summed E-state index contributed by atoms with van der Waals surface area (Å²) in [6.45, 7) is 7.52. The first-order valence-corrected chi connectivity index (χ1v) is 8.09. The molecule has 0 aromatic heterocycles. The Morgan fingerprint density at radius 2 is 1.96 bits per heavy atom. The summed E-state index contributed by atoms with van der Waals surface area (Å²) in [4.78, 5) is 13.8. The van der Waals surface area contributed by atoms with Crippen molar-refractivity contribution >= 4 is 18.3 Å². The molecule has 1 aromatic rings. The standard InChI is InChI=1S/C18H30N2O2.ClH/c1-14(2)16(19)11-12-20(4)18(21)10-7-13-22-17-9-6-5-8-15(17)3;/h5-6,8-9,14,16H,7,10-13,19H2,1-4H3;1H. The first kappa shape index (κ1) is 21.7. The van der Waals surface area contributed by atoms with E-state index in [1.807, 2.05) is 38.2 Å². The Morgan fingerprint density at radius 1 is 1.30 bits per heavy atom. The van der Waals surface area contributed by atoms with E-state index in [0.717, 1.165) is 30.7 Å². The molecular weight excluding hydrogens is 312 g/mol. The number of nitrogens with two attached hydrogens (primary N) is 1. The molecule has 23 heavy (non-hydrogen) atoms. The molecule has 0 saturated heterocycles. The maximum atomic E-state index is 12.0. The number of aryl methyl sites for hydroxylation is 1. The lowest BCUT2D eigenvalue weighted by molar-refractivity contribution is -0.130. The summed E-state index contributed by atoms with van der Waals surface area (Å²) in [6, 6.07) is 8.07. The van der Waals surface area contributed by atoms with Crippen LogP contribution in [0.25, 0.3) is 0 Å². The van der Waals surface area contributed by atoms with Crippen LogP contribution in [0.1, 0.15) is 38.7 Å². The number of benzene rings is 1. The van der Waals surface area contributed by atoms with Crippen LogP contribution in [-0.4, -0.2) is 37.0 Å². The van der Waals surface area contributed by atoms with E-state index in [0.29, 0.717) is 18.9 Å². The Kier molecular flexibility index (Phi) is 10.7. The Balaban J connectivity index is 0.00000484. The highest BCUT2D eigenvalue weighted by Crippen LogP contribution is 2.16. The lowest BCUT2D eigenvalue weighted by atomic mass is 10.0. The van der Waals surface area contributed by atoms with Crippen molar-refractivity contribution in [3.8, 4) is 5.75 Å². The number of carbonyl (C=O) groups excluding carboxylic acids is 1. The van der Waals surface area contributed by atoms with Crippen molar-refractivity contribution in [1.29, 1.82) is 0 Å². The fourth-order valence-electron chi connectivity index (χ4n) is 2.12. The number of rotatable bonds is 9. The van der Waals surface area contributed by atoms with Crippen LogP contribution in [0.5, 0.6) is 5.75 Å². The van der Waals surface area contributed by atoms with Crippen LogP contribution in [0.2, 0.25) is 0 Å². The van der Waals surface area contributed by atoms with Gasteiger partial charge in [0.2, 0.25) is 5.91 Å². The topological polar surface area (TPSA) is 55.6 Å². The Morgan fingerprint density at radius 3 is 2.57 bits per heavy atom. The summed E-state index contributed by atoms with van der Waals surface area (Å²) in [5.41, 5.74) is 7.13. The van der Waals surface area contributed by atoms with Crippen molar-refractivity contribution in [2.75, 3.05) is 20.2 Å². The number of amides is 1. The minimum Gasteiger partial charge on any atom is -0.493 e. The van der Waals surface area contributed by atoms with E-state index in [9.17, 15) is 4.79 Å². The molecule has 0 spiro atoms. The summed E-state index contributed by atoms with van der Waals surface area (Å²) < 4.78 is 5.71. The van der Waals surface area contributed by atoms with Crippen molar-refractivity contribution in [3.63, 3.8) is 0 Å². The number of carbonyl (C=O) groups is 1. The zero-order valence-corrected chi connectivity index (χ0v) is 15.6. The van der Waals surface area contributed by atoms with Crippen LogP contribution in [-0.2, 0) is 4.79 Å². The lowest BCUT2D eigenvalue weighted by Crippen LogP contribution is -2.34. The van der Waals surface area contributed by atoms with E-state index in [4.69, 9.17) is 10.5 Å². The van der Waals surface area contributed by atoms with Crippen molar-refractivity contribution in [1.82, 2.24) is 4.90 Å². The molecule has 0 bridgehead atoms. The number of para-hydroxylation sites is 1. The molecule has 1 unspecified atom stereocenters. The van der Waals surface area contributed by atoms with E-state index in [1.165, 1.54) is 0 Å². The van der Waals surface area contributed by atoms with Gasteiger partial charge in [0, 0.05) is 26.1 Å². The van der Waals surface area contributed by atoms with Crippen molar-refractivity contribution in [2.24, 2.45) is 11.7 Å². The predicted octanol–water partition coefficient (Wildman–Crippen LogP) is 3.41. The van der Waals surface area contributed by atoms with Gasteiger partial charge in [0.05, 0.1) is 6.61 Å². The maximum Gasteiger partial charge on any atom is 0.222 e. The first-order chi connectivity index (χ1) is 10.4. The Labute approximate surface area is 146 Å². The average Bonchev–Trinajstić information content (AvgIpc) is 2.49. The van der Waals surface area contributed by atoms with Gasteiger partial charge in [-0.3, -0.25) is 4.79 Å². The van der Waals surface area contributed by atoms with E-state index < -0.39 is 0 Å². The van der Waals surface area contributed by atoms with Crippen molar-refractivity contribution < 1.29 is 9.53 Å². The van der Waals surface area contributed by atoms with Gasteiger partial charge >= 0.3 is 0 Å². The molecule has 132 valence electrons. The molecule has 1 aromatic carbocycles. The summed E-state index contributed by atoms with van der Waals surface area (Å²) in [5, 5.41) is 0. The number of nitrogens with zero attached hydrogens (tertiary/aromatic N) is 1. The van der Waals surface area contributed by atoms with Crippen LogP contribution >= 0.6 is 12.4 Å². The molecule has 1 amide bonds. The second kappa shape index (κ2) is 11.3. The molecule has 0 aliphatic heterocycles. The van der Waals surface area contributed by atoms with Crippen molar-refractivity contribution in [2.45, 2.75) is 46.1 Å². The lowest BCUT2D eigenvalue weighted by Gasteiger charge is -2.21. The van der Waals surface area contributed by atoms with E-state index in [2.05, 4.69) is 13.8 Å². The molecule has 1 atom stereocenters. The third-order valence-electron chi connectivity index (χ3n) is 3.97. The van der Waals surface area contributed by atoms with Gasteiger partial charge in [-0.05, 0) is 37.3 Å². The largest absolute Gasteiger partial charge is 0.493 e. The zero-order valence-electron chi connectivity index (χ0n) is 14.7. The van der Waals surface area contributed by atoms with Gasteiger partial charge in [0.1, 0.15) is 5.75 Å². The summed E-state index contributed by atoms with van der Waals surface area (Å²) in [6.07, 6.45) is 2.09. The predicted molar refractivity (Wildman–Crippen MR) is 98.2 cm³/mol. The third-order valence-corrected chi connectivity index (χ3v) is 3.97. The molecule has 0 aliphatic rings. The number of hydrogen-bond acceptors (Lipinski definition) is 3. The minimum absolute atomic E-state index is 0. The quantitative estimate of drug-likeness (QED) is 0.700. The summed E-state index contributed by atoms with van der Waals surface area (Å²) in [7, 11) is 1.84. The number of halogens is 1. The van der Waals surface area contributed by atoms with E-state index in [1.54, 1.807) is 4.90 Å². The highest BCUT2D eigenvalue weighted by atomic mass is 35.5. The van der Waals surface area contributed by atoms with Crippen molar-refractivity contribution in [3.05, 3.63) is 29.8 Å². The molecular formula is C18H31ClN2O2. The fourth-order valence-corrected chi connectivity index (χ4v) is 2.12. The number of hydrogen-bond donors (Lipinski definition) is 1. The summed E-state index contributed by atoms with van der Waals surface area (Å²) >= 11 is 0. The van der Waals surface area contributed by atoms with Gasteiger partial charge in [-0.2, -0.15) is 0 Å². The molecule has 5 heteroatoms. The van der Waals surface area contributed by atoms with Gasteiger partial charge in [-0.15, -0.1) is 12.4 Å². The second-order valence-corrected chi connectivity index (χ2v) is 6.23. The monoisotopic (exact) mass is 342 g/mol. The molecule has 0 fully saturated rings. The molecule has 0 radical (unpaired) electrons. The zero-order chi connectivity index (χ0) is 16.5. The molecule has 1 rings (SSSR count). The maximum absolute atomic E-state index is 12.0. The molecule has 0 aliphatic carbocycles. The summed E-state index contributed by atoms with van der Waals surface area (Å²) in [5.74, 6) is 1.50. The first-order valence-electron chi connectivity index (χ1n) is 8.09. The fraction of sp³-hybridized carbons (Fsp3) is 0.611. The SMILES string of the molecule is Cc1ccccc1OCCCC(=O)N(C)CCC(N)C(C)C.Cl. The van der Waals surface area contributed by atoms with Crippen LogP contribution in [0.15, 0.2) is 24.3 Å². The Hall–Kier alpha value is -1.26. The third kappa shape index (κ3) is 8.24. The van der Waals surface area contributed by atoms with E-state index >= 15 is 0 Å². The molecule has 0 saturated carbocycles. The van der Waals surface area contributed by atoms with Gasteiger partial charge in [-0.25, -0.2) is 0 Å². The Bertz CT molecular complexity index is 466. The van der Waals surface area contributed by atoms with Gasteiger partial charge in [-0.1, -0.05) is 32.0 Å². The van der Waals surface area contributed by atoms with Crippen LogP contribution < -0.4 is 10.5 Å². The smallest absolute Gasteiger partial charge is 0.222 e.